The van der Waals surface area contributed by atoms with Crippen molar-refractivity contribution in [2.75, 3.05) is 0 Å². The molecule has 0 saturated carbocycles. The van der Waals surface area contributed by atoms with Crippen molar-refractivity contribution in [2.45, 2.75) is 33.3 Å². The summed E-state index contributed by atoms with van der Waals surface area (Å²) in [7, 11) is 0. The van der Waals surface area contributed by atoms with Gasteiger partial charge in [0, 0.05) is 6.08 Å². The van der Waals surface area contributed by atoms with Crippen LogP contribution in [0.15, 0.2) is 12.2 Å². The summed E-state index contributed by atoms with van der Waals surface area (Å²) < 4.78 is 4.95. The molecule has 0 unspecified atom stereocenters. The molecule has 0 aromatic carbocycles. The first kappa shape index (κ1) is 9.21. The van der Waals surface area contributed by atoms with E-state index in [1.54, 1.807) is 13.0 Å². The molecule has 0 spiro atoms. The maximum atomic E-state index is 10.7. The first-order chi connectivity index (χ1) is 4.45. The summed E-state index contributed by atoms with van der Waals surface area (Å²) in [5.74, 6) is -0.282. The van der Waals surface area contributed by atoms with Crippen molar-refractivity contribution in [3.8, 4) is 0 Å². The normalized spacial score (nSPS) is 12.0. The predicted molar refractivity (Wildman–Crippen MR) is 40.7 cm³/mol. The molecule has 0 aromatic heterocycles. The van der Waals surface area contributed by atoms with Crippen molar-refractivity contribution in [1.29, 1.82) is 0 Å². The molecule has 0 aromatic rings. The summed E-state index contributed by atoms with van der Waals surface area (Å²) in [5.41, 5.74) is -0.378. The standard InChI is InChI=1S/C8H14O2/c1-5-6-7(9)10-8(2,3)4/h5-6H,1-4H3/b6-5+. The second-order valence-corrected chi connectivity index (χ2v) is 3.03. The predicted octanol–water partition coefficient (Wildman–Crippen LogP) is 1.90. The molecule has 0 saturated heterocycles. The molecule has 2 nitrogen and oxygen atoms in total. The van der Waals surface area contributed by atoms with E-state index in [-0.39, 0.29) is 11.6 Å². The van der Waals surface area contributed by atoms with Gasteiger partial charge < -0.3 is 4.74 Å². The van der Waals surface area contributed by atoms with E-state index in [0.717, 1.165) is 0 Å². The SMILES string of the molecule is C/C=C/C(=O)OC(C)(C)C. The first-order valence-electron chi connectivity index (χ1n) is 3.31. The van der Waals surface area contributed by atoms with Gasteiger partial charge in [0.1, 0.15) is 5.60 Å². The van der Waals surface area contributed by atoms with Crippen LogP contribution in [0.4, 0.5) is 0 Å². The zero-order valence-corrected chi connectivity index (χ0v) is 6.97. The number of hydrogen-bond acceptors (Lipinski definition) is 2. The van der Waals surface area contributed by atoms with Crippen LogP contribution in [-0.2, 0) is 9.53 Å². The minimum absolute atomic E-state index is 0.282. The Bertz CT molecular complexity index is 140. The van der Waals surface area contributed by atoms with Gasteiger partial charge >= 0.3 is 5.97 Å². The van der Waals surface area contributed by atoms with Gasteiger partial charge in [-0.2, -0.15) is 0 Å². The zero-order valence-electron chi connectivity index (χ0n) is 6.97. The summed E-state index contributed by atoms with van der Waals surface area (Å²) in [5, 5.41) is 0. The number of rotatable bonds is 1. The fraction of sp³-hybridized carbons (Fsp3) is 0.625. The van der Waals surface area contributed by atoms with Crippen LogP contribution in [0.1, 0.15) is 27.7 Å². The van der Waals surface area contributed by atoms with Gasteiger partial charge in [0.25, 0.3) is 0 Å². The monoisotopic (exact) mass is 142 g/mol. The fourth-order valence-electron chi connectivity index (χ4n) is 0.472. The summed E-state index contributed by atoms with van der Waals surface area (Å²) in [4.78, 5) is 10.7. The lowest BCUT2D eigenvalue weighted by Crippen LogP contribution is -2.22. The van der Waals surface area contributed by atoms with E-state index in [1.807, 2.05) is 20.8 Å². The van der Waals surface area contributed by atoms with Crippen molar-refractivity contribution in [3.63, 3.8) is 0 Å². The minimum Gasteiger partial charge on any atom is -0.457 e. The van der Waals surface area contributed by atoms with Crippen LogP contribution in [0.25, 0.3) is 0 Å². The Hall–Kier alpha value is -0.790. The van der Waals surface area contributed by atoms with Crippen LogP contribution in [0.2, 0.25) is 0 Å². The Balaban J connectivity index is 3.81. The third-order valence-electron chi connectivity index (χ3n) is 0.710. The minimum atomic E-state index is -0.378. The molecule has 0 radical (unpaired) electrons. The van der Waals surface area contributed by atoms with E-state index >= 15 is 0 Å². The molecule has 0 bridgehead atoms. The molecule has 0 aliphatic carbocycles. The highest BCUT2D eigenvalue weighted by Gasteiger charge is 2.13. The van der Waals surface area contributed by atoms with Crippen LogP contribution in [-0.4, -0.2) is 11.6 Å². The topological polar surface area (TPSA) is 26.3 Å². The number of hydrogen-bond donors (Lipinski definition) is 0. The molecule has 0 aliphatic heterocycles. The maximum absolute atomic E-state index is 10.7. The Morgan fingerprint density at radius 2 is 1.90 bits per heavy atom. The van der Waals surface area contributed by atoms with Crippen molar-refractivity contribution < 1.29 is 9.53 Å². The van der Waals surface area contributed by atoms with E-state index in [9.17, 15) is 4.79 Å². The van der Waals surface area contributed by atoms with Gasteiger partial charge in [-0.05, 0) is 27.7 Å². The lowest BCUT2D eigenvalue weighted by molar-refractivity contribution is -0.148. The maximum Gasteiger partial charge on any atom is 0.330 e. The van der Waals surface area contributed by atoms with Gasteiger partial charge in [-0.3, -0.25) is 0 Å². The van der Waals surface area contributed by atoms with E-state index in [0.29, 0.717) is 0 Å². The summed E-state index contributed by atoms with van der Waals surface area (Å²) in [6.45, 7) is 7.31. The lowest BCUT2D eigenvalue weighted by Gasteiger charge is -2.17. The number of carbonyl (C=O) groups is 1. The van der Waals surface area contributed by atoms with Crippen LogP contribution in [0.5, 0.6) is 0 Å². The van der Waals surface area contributed by atoms with Gasteiger partial charge in [-0.15, -0.1) is 0 Å². The average Bonchev–Trinajstić information content (AvgIpc) is 1.59. The lowest BCUT2D eigenvalue weighted by atomic mass is 10.2. The van der Waals surface area contributed by atoms with Gasteiger partial charge in [-0.1, -0.05) is 6.08 Å². The quantitative estimate of drug-likeness (QED) is 0.413. The zero-order chi connectivity index (χ0) is 8.20. The van der Waals surface area contributed by atoms with Crippen LogP contribution < -0.4 is 0 Å². The summed E-state index contributed by atoms with van der Waals surface area (Å²) in [6, 6.07) is 0. The molecule has 0 N–H and O–H groups in total. The highest BCUT2D eigenvalue weighted by molar-refractivity contribution is 5.82. The molecule has 0 fully saturated rings. The number of allylic oxidation sites excluding steroid dienone is 1. The second kappa shape index (κ2) is 3.40. The van der Waals surface area contributed by atoms with Gasteiger partial charge in [0.15, 0.2) is 0 Å². The van der Waals surface area contributed by atoms with Crippen molar-refractivity contribution in [3.05, 3.63) is 12.2 Å². The Morgan fingerprint density at radius 1 is 1.40 bits per heavy atom. The van der Waals surface area contributed by atoms with Crippen LogP contribution in [0, 0.1) is 0 Å². The van der Waals surface area contributed by atoms with E-state index in [1.165, 1.54) is 6.08 Å². The van der Waals surface area contributed by atoms with Crippen molar-refractivity contribution in [1.82, 2.24) is 0 Å². The summed E-state index contributed by atoms with van der Waals surface area (Å²) in [6.07, 6.45) is 3.07. The first-order valence-corrected chi connectivity index (χ1v) is 3.31. The van der Waals surface area contributed by atoms with E-state index < -0.39 is 0 Å². The molecule has 0 heterocycles. The Labute approximate surface area is 61.9 Å². The van der Waals surface area contributed by atoms with Crippen molar-refractivity contribution in [2.24, 2.45) is 0 Å². The van der Waals surface area contributed by atoms with E-state index in [4.69, 9.17) is 4.74 Å². The third kappa shape index (κ3) is 5.35. The molecule has 0 aliphatic rings. The molecule has 0 amide bonds. The highest BCUT2D eigenvalue weighted by atomic mass is 16.6. The number of esters is 1. The Morgan fingerprint density at radius 3 is 2.20 bits per heavy atom. The molecule has 58 valence electrons. The van der Waals surface area contributed by atoms with Crippen LogP contribution in [0.3, 0.4) is 0 Å². The third-order valence-corrected chi connectivity index (χ3v) is 0.710. The van der Waals surface area contributed by atoms with Gasteiger partial charge in [-0.25, -0.2) is 4.79 Å². The number of carbonyl (C=O) groups excluding carboxylic acids is 1. The largest absolute Gasteiger partial charge is 0.457 e. The fourth-order valence-corrected chi connectivity index (χ4v) is 0.472. The van der Waals surface area contributed by atoms with Gasteiger partial charge in [0.2, 0.25) is 0 Å². The average molecular weight is 142 g/mol. The van der Waals surface area contributed by atoms with Crippen molar-refractivity contribution >= 4 is 5.97 Å². The molecular weight excluding hydrogens is 128 g/mol. The molecule has 0 atom stereocenters. The van der Waals surface area contributed by atoms with E-state index in [2.05, 4.69) is 0 Å². The number of ether oxygens (including phenoxy) is 1. The van der Waals surface area contributed by atoms with Gasteiger partial charge in [0.05, 0.1) is 0 Å². The summed E-state index contributed by atoms with van der Waals surface area (Å²) >= 11 is 0. The molecule has 0 rings (SSSR count). The Kier molecular flexibility index (Phi) is 3.13. The van der Waals surface area contributed by atoms with Crippen LogP contribution >= 0.6 is 0 Å². The second-order valence-electron chi connectivity index (χ2n) is 3.03. The molecule has 10 heavy (non-hydrogen) atoms. The molecular formula is C8H14O2. The highest BCUT2D eigenvalue weighted by Crippen LogP contribution is 2.06. The smallest absolute Gasteiger partial charge is 0.330 e. The molecule has 2 heteroatoms.